The fourth-order valence-electron chi connectivity index (χ4n) is 14.8. The molecule has 0 spiro atoms. The molecular weight excluding hydrogens is 841 g/mol. The van der Waals surface area contributed by atoms with Crippen LogP contribution >= 0.6 is 0 Å². The van der Waals surface area contributed by atoms with Crippen molar-refractivity contribution in [1.29, 1.82) is 0 Å². The molecule has 0 radical (unpaired) electrons. The molecule has 8 fully saturated rings. The lowest BCUT2D eigenvalue weighted by molar-refractivity contribution is -0.215. The Labute approximate surface area is 398 Å². The molecule has 8 aliphatic carbocycles. The van der Waals surface area contributed by atoms with Crippen LogP contribution < -0.4 is 0 Å². The Morgan fingerprint density at radius 1 is 0.682 bits per heavy atom. The summed E-state index contributed by atoms with van der Waals surface area (Å²) in [6.45, 7) is 16.9. The summed E-state index contributed by atoms with van der Waals surface area (Å²) < 4.78 is 19.8. The van der Waals surface area contributed by atoms with Gasteiger partial charge in [-0.2, -0.15) is 0 Å². The van der Waals surface area contributed by atoms with Gasteiger partial charge in [0.15, 0.2) is 14.7 Å². The molecule has 11 rings (SSSR count). The predicted molar refractivity (Wildman–Crippen MR) is 259 cm³/mol. The first-order valence-corrected chi connectivity index (χ1v) is 26.7. The smallest absolute Gasteiger partial charge is 0.312 e. The summed E-state index contributed by atoms with van der Waals surface area (Å²) in [4.78, 5) is 48.5. The molecule has 3 aromatic carbocycles. The number of carbonyl (C=O) groups is 3. The number of ether oxygens (including phenoxy) is 3. The van der Waals surface area contributed by atoms with Gasteiger partial charge in [-0.15, -0.1) is 0 Å². The second-order valence-electron chi connectivity index (χ2n) is 25.0. The minimum atomic E-state index is -1.01. The Kier molecular flexibility index (Phi) is 13.0. The molecule has 356 valence electrons. The fraction of sp³-hybridized carbons (Fsp3) is 0.638. The van der Waals surface area contributed by atoms with E-state index in [4.69, 9.17) is 14.2 Å². The van der Waals surface area contributed by atoms with Crippen LogP contribution in [0.2, 0.25) is 0 Å². The molecule has 0 aromatic heterocycles. The lowest BCUT2D eigenvalue weighted by Gasteiger charge is -2.59. The van der Waals surface area contributed by atoms with E-state index in [2.05, 4.69) is 100 Å². The van der Waals surface area contributed by atoms with Gasteiger partial charge < -0.3 is 19.3 Å². The third kappa shape index (κ3) is 9.94. The molecule has 66 heavy (non-hydrogen) atoms. The van der Waals surface area contributed by atoms with Crippen molar-refractivity contribution in [2.45, 2.75) is 177 Å². The van der Waals surface area contributed by atoms with E-state index in [0.717, 1.165) is 62.3 Å². The van der Waals surface area contributed by atoms with Crippen molar-refractivity contribution in [3.05, 3.63) is 90.5 Å². The van der Waals surface area contributed by atoms with Crippen LogP contribution in [0.4, 0.5) is 0 Å². The first-order chi connectivity index (χ1) is 31.2. The van der Waals surface area contributed by atoms with Crippen LogP contribution in [0.3, 0.4) is 0 Å². The lowest BCUT2D eigenvalue weighted by Crippen LogP contribution is -2.59. The van der Waals surface area contributed by atoms with E-state index in [0.29, 0.717) is 37.0 Å². The maximum atomic E-state index is 15.1. The van der Waals surface area contributed by atoms with E-state index in [9.17, 15) is 9.90 Å². The molecule has 8 heteroatoms. The zero-order valence-electron chi connectivity index (χ0n) is 41.1. The molecule has 5 atom stereocenters. The average Bonchev–Trinajstić information content (AvgIpc) is 3.24. The summed E-state index contributed by atoms with van der Waals surface area (Å²) in [5, 5.41) is 11.4. The standard InChI is InChI=1S/C58H77O7S/c1-54(2,3)36-56(7,53(61)65-57(8)44-26-38-23-39(28-44)29-45(57)27-38)32-43(51(59)64-50-41-24-40-25-42(50)34-58(62,31-40)33-41)30-49(55(4,5)6)52(60)63-35-37-19-21-48(22-20-37)66(46-15-11-9-12-16-46)47-17-13-10-14-18-47/h9-22,38-45,49-50,62H,23-36H2,1-8H3/q+1. The van der Waals surface area contributed by atoms with Crippen LogP contribution in [0.1, 0.15) is 144 Å². The van der Waals surface area contributed by atoms with Crippen molar-refractivity contribution in [3.63, 3.8) is 0 Å². The molecular formula is C58H77O7S+. The Morgan fingerprint density at radius 3 is 1.71 bits per heavy atom. The minimum absolute atomic E-state index is 0.109. The predicted octanol–water partition coefficient (Wildman–Crippen LogP) is 12.6. The Bertz CT molecular complexity index is 2120. The molecule has 0 saturated heterocycles. The van der Waals surface area contributed by atoms with Crippen molar-refractivity contribution in [3.8, 4) is 0 Å². The summed E-state index contributed by atoms with van der Waals surface area (Å²) >= 11 is 0. The molecule has 1 N–H and O–H groups in total. The van der Waals surface area contributed by atoms with Gasteiger partial charge >= 0.3 is 17.9 Å². The van der Waals surface area contributed by atoms with E-state index in [-0.39, 0.29) is 71.6 Å². The van der Waals surface area contributed by atoms with Gasteiger partial charge in [0.1, 0.15) is 18.3 Å². The number of rotatable bonds is 15. The van der Waals surface area contributed by atoms with Crippen molar-refractivity contribution in [2.24, 2.45) is 69.5 Å². The van der Waals surface area contributed by atoms with E-state index >= 15 is 9.59 Å². The number of aliphatic hydroxyl groups is 1. The van der Waals surface area contributed by atoms with Gasteiger partial charge in [-0.05, 0) is 192 Å². The normalized spacial score (nSPS) is 32.7. The van der Waals surface area contributed by atoms with E-state index in [1.165, 1.54) is 21.1 Å². The fourth-order valence-corrected chi connectivity index (χ4v) is 16.8. The third-order valence-corrected chi connectivity index (χ3v) is 19.5. The molecule has 8 bridgehead atoms. The number of carbonyl (C=O) groups excluding carboxylic acids is 3. The van der Waals surface area contributed by atoms with Gasteiger partial charge in [0.2, 0.25) is 0 Å². The van der Waals surface area contributed by atoms with Crippen LogP contribution in [-0.4, -0.2) is 40.3 Å². The third-order valence-electron chi connectivity index (χ3n) is 17.3. The Hall–Kier alpha value is -3.62. The van der Waals surface area contributed by atoms with Crippen LogP contribution in [0, 0.1) is 69.5 Å². The molecule has 8 aliphatic rings. The zero-order chi connectivity index (χ0) is 46.8. The van der Waals surface area contributed by atoms with E-state index in [1.54, 1.807) is 0 Å². The van der Waals surface area contributed by atoms with Crippen LogP contribution in [0.15, 0.2) is 99.6 Å². The van der Waals surface area contributed by atoms with Crippen molar-refractivity contribution in [1.82, 2.24) is 0 Å². The molecule has 8 saturated carbocycles. The van der Waals surface area contributed by atoms with Crippen LogP contribution in [-0.2, 0) is 46.1 Å². The SMILES string of the molecule is CC(C)(C)CC(C)(CC(CC(C(=O)OCc1ccc([S+](c2ccccc2)c2ccccc2)cc1)C(C)(C)C)C(=O)OC1C2CC3CC1CC(O)(C3)C2)C(=O)OC1(C)C2CC3CC(C2)CC1C3. The summed E-state index contributed by atoms with van der Waals surface area (Å²) in [5.41, 5.74) is -2.09. The van der Waals surface area contributed by atoms with Crippen molar-refractivity contribution >= 4 is 28.8 Å². The highest BCUT2D eigenvalue weighted by Crippen LogP contribution is 2.61. The summed E-state index contributed by atoms with van der Waals surface area (Å²) in [5.74, 6) is 0.645. The monoisotopic (exact) mass is 918 g/mol. The quantitative estimate of drug-likeness (QED) is 0.0921. The summed E-state index contributed by atoms with van der Waals surface area (Å²) in [6.07, 6.45) is 10.6. The second kappa shape index (κ2) is 18.0. The molecule has 0 amide bonds. The van der Waals surface area contributed by atoms with Gasteiger partial charge in [0.25, 0.3) is 0 Å². The highest BCUT2D eigenvalue weighted by molar-refractivity contribution is 7.97. The first-order valence-electron chi connectivity index (χ1n) is 25.4. The van der Waals surface area contributed by atoms with Crippen LogP contribution in [0.5, 0.6) is 0 Å². The Balaban J connectivity index is 0.964. The Morgan fingerprint density at radius 2 is 1.21 bits per heavy atom. The van der Waals surface area contributed by atoms with Gasteiger partial charge in [0, 0.05) is 0 Å². The first kappa shape index (κ1) is 47.4. The van der Waals surface area contributed by atoms with E-state index in [1.807, 2.05) is 39.8 Å². The lowest BCUT2D eigenvalue weighted by atomic mass is 9.50. The van der Waals surface area contributed by atoms with Gasteiger partial charge in [0.05, 0.1) is 33.7 Å². The largest absolute Gasteiger partial charge is 0.462 e. The average molecular weight is 918 g/mol. The number of esters is 3. The van der Waals surface area contributed by atoms with E-state index < -0.39 is 33.9 Å². The molecule has 5 unspecified atom stereocenters. The molecule has 3 aromatic rings. The number of hydrogen-bond donors (Lipinski definition) is 1. The van der Waals surface area contributed by atoms with Crippen LogP contribution in [0.25, 0.3) is 0 Å². The topological polar surface area (TPSA) is 99.1 Å². The van der Waals surface area contributed by atoms with Gasteiger partial charge in [-0.1, -0.05) is 90.1 Å². The van der Waals surface area contributed by atoms with Crippen molar-refractivity contribution < 1.29 is 33.7 Å². The summed E-state index contributed by atoms with van der Waals surface area (Å²) in [6, 6.07) is 29.5. The van der Waals surface area contributed by atoms with Crippen molar-refractivity contribution in [2.75, 3.05) is 0 Å². The number of hydrogen-bond acceptors (Lipinski definition) is 7. The highest BCUT2D eigenvalue weighted by atomic mass is 32.2. The maximum Gasteiger partial charge on any atom is 0.312 e. The van der Waals surface area contributed by atoms with Gasteiger partial charge in [-0.3, -0.25) is 14.4 Å². The maximum absolute atomic E-state index is 15.1. The van der Waals surface area contributed by atoms with Gasteiger partial charge in [-0.25, -0.2) is 0 Å². The second-order valence-corrected chi connectivity index (χ2v) is 27.0. The molecule has 0 heterocycles. The highest BCUT2D eigenvalue weighted by Gasteiger charge is 2.60. The summed E-state index contributed by atoms with van der Waals surface area (Å²) in [7, 11) is -0.294. The zero-order valence-corrected chi connectivity index (χ0v) is 41.9. The molecule has 7 nitrogen and oxygen atoms in total. The molecule has 0 aliphatic heterocycles. The number of benzene rings is 3. The minimum Gasteiger partial charge on any atom is -0.462 e.